The summed E-state index contributed by atoms with van der Waals surface area (Å²) in [4.78, 5) is 19.8. The number of anilines is 2. The Morgan fingerprint density at radius 2 is 2.10 bits per heavy atom. The number of ether oxygens (including phenoxy) is 1. The second kappa shape index (κ2) is 6.29. The quantitative estimate of drug-likeness (QED) is 0.486. The van der Waals surface area contributed by atoms with Crippen molar-refractivity contribution in [2.45, 2.75) is 17.8 Å². The Balaban J connectivity index is 2.07. The smallest absolute Gasteiger partial charge is 0.341 e. The molecule has 0 aliphatic heterocycles. The molecule has 8 heteroatoms. The first-order chi connectivity index (χ1) is 9.60. The monoisotopic (exact) mass is 294 g/mol. The van der Waals surface area contributed by atoms with Crippen LogP contribution in [0.4, 0.5) is 11.6 Å². The van der Waals surface area contributed by atoms with E-state index in [1.807, 2.05) is 0 Å². The lowest BCUT2D eigenvalue weighted by Gasteiger charge is -2.03. The summed E-state index contributed by atoms with van der Waals surface area (Å²) in [6.45, 7) is 2.06. The third-order valence-electron chi connectivity index (χ3n) is 2.32. The van der Waals surface area contributed by atoms with E-state index in [0.29, 0.717) is 40.5 Å². The molecule has 2 heterocycles. The first-order valence-electron chi connectivity index (χ1n) is 5.86. The van der Waals surface area contributed by atoms with Gasteiger partial charge in [-0.3, -0.25) is 0 Å². The molecule has 2 rings (SSSR count). The van der Waals surface area contributed by atoms with Crippen molar-refractivity contribution in [1.29, 1.82) is 0 Å². The van der Waals surface area contributed by atoms with Crippen LogP contribution in [-0.2, 0) is 10.5 Å². The molecule has 2 aromatic heterocycles. The first-order valence-corrected chi connectivity index (χ1v) is 6.85. The van der Waals surface area contributed by atoms with E-state index in [-0.39, 0.29) is 0 Å². The molecule has 4 N–H and O–H groups in total. The first kappa shape index (κ1) is 14.2. The molecule has 0 amide bonds. The van der Waals surface area contributed by atoms with Gasteiger partial charge in [-0.25, -0.2) is 14.8 Å². The Hall–Kier alpha value is -2.22. The van der Waals surface area contributed by atoms with Crippen LogP contribution in [0.15, 0.2) is 28.0 Å². The molecule has 0 atom stereocenters. The summed E-state index contributed by atoms with van der Waals surface area (Å²) in [6.07, 6.45) is 1.44. The fraction of sp³-hybridized carbons (Fsp3) is 0.250. The van der Waals surface area contributed by atoms with Crippen LogP contribution in [0, 0.1) is 0 Å². The minimum absolute atomic E-state index is 0.296. The van der Waals surface area contributed by atoms with Crippen molar-refractivity contribution in [3.63, 3.8) is 0 Å². The molecule has 0 unspecified atom stereocenters. The molecule has 0 saturated heterocycles. The minimum Gasteiger partial charge on any atom is -0.468 e. The van der Waals surface area contributed by atoms with Gasteiger partial charge in [0.05, 0.1) is 18.6 Å². The molecule has 0 saturated carbocycles. The maximum atomic E-state index is 11.7. The number of carbonyl (C=O) groups excluding carboxylic acids is 1. The van der Waals surface area contributed by atoms with Gasteiger partial charge in [0.15, 0.2) is 5.16 Å². The Labute approximate surface area is 119 Å². The Bertz CT molecular complexity index is 594. The summed E-state index contributed by atoms with van der Waals surface area (Å²) in [5.74, 6) is 1.06. The van der Waals surface area contributed by atoms with Crippen LogP contribution in [0.25, 0.3) is 0 Å². The molecule has 0 spiro atoms. The van der Waals surface area contributed by atoms with Gasteiger partial charge in [-0.2, -0.15) is 0 Å². The third-order valence-corrected chi connectivity index (χ3v) is 3.17. The van der Waals surface area contributed by atoms with Crippen molar-refractivity contribution < 1.29 is 13.9 Å². The van der Waals surface area contributed by atoms with Gasteiger partial charge in [-0.15, -0.1) is 0 Å². The lowest BCUT2D eigenvalue weighted by Crippen LogP contribution is -2.05. The van der Waals surface area contributed by atoms with E-state index in [1.54, 1.807) is 13.0 Å². The van der Waals surface area contributed by atoms with E-state index < -0.39 is 5.97 Å². The second-order valence-corrected chi connectivity index (χ2v) is 4.71. The lowest BCUT2D eigenvalue weighted by molar-refractivity contribution is 0.0524. The molecule has 106 valence electrons. The van der Waals surface area contributed by atoms with Crippen LogP contribution in [-0.4, -0.2) is 22.5 Å². The van der Waals surface area contributed by atoms with Gasteiger partial charge in [-0.1, -0.05) is 11.8 Å². The van der Waals surface area contributed by atoms with Gasteiger partial charge in [0.2, 0.25) is 0 Å². The minimum atomic E-state index is -0.412. The van der Waals surface area contributed by atoms with Crippen LogP contribution in [0.1, 0.15) is 23.0 Å². The molecule has 7 nitrogen and oxygen atoms in total. The molecule has 0 aliphatic rings. The predicted molar refractivity (Wildman–Crippen MR) is 75.1 cm³/mol. The maximum absolute atomic E-state index is 11.7. The SMILES string of the molecule is CCOC(=O)c1ccoc1CSc1nc(N)cc(N)n1. The number of nitrogens with zero attached hydrogens (tertiary/aromatic N) is 2. The second-order valence-electron chi connectivity index (χ2n) is 3.77. The Kier molecular flexibility index (Phi) is 4.46. The molecule has 20 heavy (non-hydrogen) atoms. The molecular formula is C12H14N4O3S. The third kappa shape index (κ3) is 3.41. The molecule has 0 aromatic carbocycles. The molecule has 0 radical (unpaired) electrons. The van der Waals surface area contributed by atoms with Gasteiger partial charge >= 0.3 is 5.97 Å². The largest absolute Gasteiger partial charge is 0.468 e. The number of rotatable bonds is 5. The number of carbonyl (C=O) groups is 1. The molecular weight excluding hydrogens is 280 g/mol. The van der Waals surface area contributed by atoms with Crippen LogP contribution < -0.4 is 11.5 Å². The zero-order valence-electron chi connectivity index (χ0n) is 10.8. The lowest BCUT2D eigenvalue weighted by atomic mass is 10.3. The highest BCUT2D eigenvalue weighted by molar-refractivity contribution is 7.98. The zero-order chi connectivity index (χ0) is 14.5. The highest BCUT2D eigenvalue weighted by Crippen LogP contribution is 2.24. The number of hydrogen-bond acceptors (Lipinski definition) is 8. The van der Waals surface area contributed by atoms with E-state index in [2.05, 4.69) is 9.97 Å². The van der Waals surface area contributed by atoms with E-state index in [4.69, 9.17) is 20.6 Å². The maximum Gasteiger partial charge on any atom is 0.341 e. The van der Waals surface area contributed by atoms with Gasteiger partial charge in [0.1, 0.15) is 23.0 Å². The average molecular weight is 294 g/mol. The van der Waals surface area contributed by atoms with Crippen molar-refractivity contribution >= 4 is 29.4 Å². The number of thioether (sulfide) groups is 1. The summed E-state index contributed by atoms with van der Waals surface area (Å²) in [6, 6.07) is 3.05. The highest BCUT2D eigenvalue weighted by atomic mass is 32.2. The van der Waals surface area contributed by atoms with Crippen molar-refractivity contribution in [1.82, 2.24) is 9.97 Å². The molecule has 2 aromatic rings. The summed E-state index contributed by atoms with van der Waals surface area (Å²) in [5, 5.41) is 0.425. The summed E-state index contributed by atoms with van der Waals surface area (Å²) in [7, 11) is 0. The van der Waals surface area contributed by atoms with Crippen molar-refractivity contribution in [3.05, 3.63) is 29.7 Å². The summed E-state index contributed by atoms with van der Waals surface area (Å²) < 4.78 is 10.2. The van der Waals surface area contributed by atoms with Crippen LogP contribution in [0.2, 0.25) is 0 Å². The molecule has 0 aliphatic carbocycles. The fourth-order valence-corrected chi connectivity index (χ4v) is 2.32. The molecule has 0 fully saturated rings. The average Bonchev–Trinajstić information content (AvgIpc) is 2.84. The van der Waals surface area contributed by atoms with Crippen LogP contribution in [0.5, 0.6) is 0 Å². The number of nitrogens with two attached hydrogens (primary N) is 2. The predicted octanol–water partition coefficient (Wildman–Crippen LogP) is 1.70. The number of nitrogen functional groups attached to an aromatic ring is 2. The van der Waals surface area contributed by atoms with E-state index in [1.165, 1.54) is 24.1 Å². The van der Waals surface area contributed by atoms with E-state index >= 15 is 0 Å². The van der Waals surface area contributed by atoms with Gasteiger partial charge in [0, 0.05) is 6.07 Å². The van der Waals surface area contributed by atoms with Crippen molar-refractivity contribution in [3.8, 4) is 0 Å². The molecule has 0 bridgehead atoms. The number of esters is 1. The number of hydrogen-bond donors (Lipinski definition) is 2. The van der Waals surface area contributed by atoms with Crippen molar-refractivity contribution in [2.24, 2.45) is 0 Å². The van der Waals surface area contributed by atoms with E-state index in [9.17, 15) is 4.79 Å². The van der Waals surface area contributed by atoms with Gasteiger partial charge in [-0.05, 0) is 13.0 Å². The zero-order valence-corrected chi connectivity index (χ0v) is 11.6. The number of aromatic nitrogens is 2. The van der Waals surface area contributed by atoms with Crippen LogP contribution >= 0.6 is 11.8 Å². The van der Waals surface area contributed by atoms with Gasteiger partial charge < -0.3 is 20.6 Å². The number of furan rings is 1. The highest BCUT2D eigenvalue weighted by Gasteiger charge is 2.16. The Morgan fingerprint density at radius 1 is 1.40 bits per heavy atom. The Morgan fingerprint density at radius 3 is 2.75 bits per heavy atom. The van der Waals surface area contributed by atoms with Crippen LogP contribution in [0.3, 0.4) is 0 Å². The van der Waals surface area contributed by atoms with E-state index in [0.717, 1.165) is 0 Å². The van der Waals surface area contributed by atoms with Crippen molar-refractivity contribution in [2.75, 3.05) is 18.1 Å². The fourth-order valence-electron chi connectivity index (χ4n) is 1.50. The normalized spacial score (nSPS) is 10.4. The topological polar surface area (TPSA) is 117 Å². The summed E-state index contributed by atoms with van der Waals surface area (Å²) >= 11 is 1.27. The van der Waals surface area contributed by atoms with Gasteiger partial charge in [0.25, 0.3) is 0 Å². The summed E-state index contributed by atoms with van der Waals surface area (Å²) in [5.41, 5.74) is 11.6. The standard InChI is InChI=1S/C12H14N4O3S/c1-2-18-11(17)7-3-4-19-8(7)6-20-12-15-9(13)5-10(14)16-12/h3-5H,2,6H2,1H3,(H4,13,14,15,16).